The van der Waals surface area contributed by atoms with Crippen molar-refractivity contribution in [2.24, 2.45) is 0 Å². The monoisotopic (exact) mass is 346 g/mol. The smallest absolute Gasteiger partial charge is 0.0330 e. The van der Waals surface area contributed by atoms with Crippen LogP contribution in [0.5, 0.6) is 0 Å². The van der Waals surface area contributed by atoms with Crippen LogP contribution < -0.4 is 5.32 Å². The second-order valence-electron chi connectivity index (χ2n) is 5.41. The van der Waals surface area contributed by atoms with E-state index in [-0.39, 0.29) is 0 Å². The molecule has 2 aromatic carbocycles. The van der Waals surface area contributed by atoms with Gasteiger partial charge in [-0.2, -0.15) is 0 Å². The molecule has 0 amide bonds. The van der Waals surface area contributed by atoms with Crippen molar-refractivity contribution < 1.29 is 0 Å². The van der Waals surface area contributed by atoms with Gasteiger partial charge in [0.1, 0.15) is 0 Å². The molecule has 0 aromatic heterocycles. The van der Waals surface area contributed by atoms with Crippen LogP contribution in [0.4, 0.5) is 0 Å². The largest absolute Gasteiger partial charge is 0.313 e. The maximum atomic E-state index is 3.55. The lowest BCUT2D eigenvalue weighted by Gasteiger charge is -2.22. The molecule has 0 aliphatic heterocycles. The summed E-state index contributed by atoms with van der Waals surface area (Å²) in [6.07, 6.45) is 1.09. The lowest BCUT2D eigenvalue weighted by molar-refractivity contribution is 0.304. The van der Waals surface area contributed by atoms with Crippen molar-refractivity contribution in [2.75, 3.05) is 20.6 Å². The van der Waals surface area contributed by atoms with Gasteiger partial charge in [-0.15, -0.1) is 0 Å². The molecule has 0 saturated heterocycles. The average Bonchev–Trinajstić information content (AvgIpc) is 2.49. The molecule has 0 aliphatic carbocycles. The zero-order chi connectivity index (χ0) is 15.1. The van der Waals surface area contributed by atoms with Gasteiger partial charge < -0.3 is 10.2 Å². The topological polar surface area (TPSA) is 15.3 Å². The van der Waals surface area contributed by atoms with E-state index in [1.165, 1.54) is 11.1 Å². The van der Waals surface area contributed by atoms with Gasteiger partial charge in [0.25, 0.3) is 0 Å². The summed E-state index contributed by atoms with van der Waals surface area (Å²) in [5.41, 5.74) is 2.70. The molecule has 1 atom stereocenters. The average molecular weight is 347 g/mol. The van der Waals surface area contributed by atoms with Gasteiger partial charge in [-0.1, -0.05) is 58.4 Å². The molecule has 3 heteroatoms. The lowest BCUT2D eigenvalue weighted by Crippen LogP contribution is -2.25. The first kappa shape index (κ1) is 16.2. The summed E-state index contributed by atoms with van der Waals surface area (Å²) in [4.78, 5) is 2.37. The highest BCUT2D eigenvalue weighted by atomic mass is 79.9. The Balaban J connectivity index is 1.88. The molecular formula is C18H23BrN2. The van der Waals surface area contributed by atoms with Gasteiger partial charge in [-0.25, -0.2) is 0 Å². The fourth-order valence-electron chi connectivity index (χ4n) is 2.52. The van der Waals surface area contributed by atoms with E-state index in [2.05, 4.69) is 87.8 Å². The number of nitrogens with zero attached hydrogens (tertiary/aromatic N) is 1. The minimum atomic E-state index is 0.390. The van der Waals surface area contributed by atoms with Gasteiger partial charge in [0, 0.05) is 17.1 Å². The molecule has 1 N–H and O–H groups in total. The number of hydrogen-bond acceptors (Lipinski definition) is 2. The van der Waals surface area contributed by atoms with Crippen LogP contribution in [0.3, 0.4) is 0 Å². The highest BCUT2D eigenvalue weighted by Gasteiger charge is 2.10. The first-order valence-electron chi connectivity index (χ1n) is 7.34. The van der Waals surface area contributed by atoms with Gasteiger partial charge in [0.15, 0.2) is 0 Å². The standard InChI is InChI=1S/C18H23BrN2/c1-20-18(16-9-6-10-17(19)13-16)11-12-21(2)14-15-7-4-3-5-8-15/h3-10,13,18,20H,11-12,14H2,1-2H3. The first-order chi connectivity index (χ1) is 10.2. The zero-order valence-electron chi connectivity index (χ0n) is 12.7. The summed E-state index contributed by atoms with van der Waals surface area (Å²) < 4.78 is 1.14. The van der Waals surface area contributed by atoms with E-state index in [9.17, 15) is 0 Å². The SMILES string of the molecule is CNC(CCN(C)Cc1ccccc1)c1cccc(Br)c1. The van der Waals surface area contributed by atoms with Crippen LogP contribution in [-0.2, 0) is 6.54 Å². The van der Waals surface area contributed by atoms with Crippen molar-refractivity contribution >= 4 is 15.9 Å². The maximum absolute atomic E-state index is 3.55. The fourth-order valence-corrected chi connectivity index (χ4v) is 2.94. The molecule has 0 heterocycles. The molecule has 0 fully saturated rings. The second-order valence-corrected chi connectivity index (χ2v) is 6.32. The number of hydrogen-bond donors (Lipinski definition) is 1. The normalized spacial score (nSPS) is 12.6. The fraction of sp³-hybridized carbons (Fsp3) is 0.333. The molecule has 0 saturated carbocycles. The van der Waals surface area contributed by atoms with Crippen LogP contribution in [-0.4, -0.2) is 25.5 Å². The Bertz CT molecular complexity index is 542. The van der Waals surface area contributed by atoms with Gasteiger partial charge in [0.2, 0.25) is 0 Å². The molecular weight excluding hydrogens is 324 g/mol. The van der Waals surface area contributed by atoms with Crippen LogP contribution in [0.1, 0.15) is 23.6 Å². The third-order valence-electron chi connectivity index (χ3n) is 3.69. The molecule has 2 rings (SSSR count). The van der Waals surface area contributed by atoms with Crippen LogP contribution >= 0.6 is 15.9 Å². The van der Waals surface area contributed by atoms with E-state index < -0.39 is 0 Å². The van der Waals surface area contributed by atoms with E-state index in [1.54, 1.807) is 0 Å². The van der Waals surface area contributed by atoms with Gasteiger partial charge in [-0.05, 0) is 50.3 Å². The third-order valence-corrected chi connectivity index (χ3v) is 4.19. The molecule has 0 aliphatic rings. The predicted molar refractivity (Wildman–Crippen MR) is 93.3 cm³/mol. The van der Waals surface area contributed by atoms with E-state index >= 15 is 0 Å². The third kappa shape index (κ3) is 5.27. The van der Waals surface area contributed by atoms with Gasteiger partial charge >= 0.3 is 0 Å². The Morgan fingerprint density at radius 2 is 1.86 bits per heavy atom. The van der Waals surface area contributed by atoms with Crippen molar-refractivity contribution in [3.8, 4) is 0 Å². The molecule has 0 spiro atoms. The van der Waals surface area contributed by atoms with Crippen LogP contribution in [0.2, 0.25) is 0 Å². The van der Waals surface area contributed by atoms with Crippen molar-refractivity contribution in [3.63, 3.8) is 0 Å². The molecule has 1 unspecified atom stereocenters. The minimum absolute atomic E-state index is 0.390. The Morgan fingerprint density at radius 3 is 2.52 bits per heavy atom. The second kappa shape index (κ2) is 8.32. The Hall–Kier alpha value is -1.16. The Morgan fingerprint density at radius 1 is 1.10 bits per heavy atom. The van der Waals surface area contributed by atoms with Gasteiger partial charge in [-0.3, -0.25) is 0 Å². The van der Waals surface area contributed by atoms with E-state index in [0.29, 0.717) is 6.04 Å². The molecule has 0 bridgehead atoms. The Kier molecular flexibility index (Phi) is 6.43. The summed E-state index contributed by atoms with van der Waals surface area (Å²) in [5, 5.41) is 3.42. The first-order valence-corrected chi connectivity index (χ1v) is 8.13. The zero-order valence-corrected chi connectivity index (χ0v) is 14.3. The number of nitrogens with one attached hydrogen (secondary N) is 1. The lowest BCUT2D eigenvalue weighted by atomic mass is 10.0. The molecule has 2 nitrogen and oxygen atoms in total. The molecule has 21 heavy (non-hydrogen) atoms. The minimum Gasteiger partial charge on any atom is -0.313 e. The van der Waals surface area contributed by atoms with Crippen molar-refractivity contribution in [1.82, 2.24) is 10.2 Å². The summed E-state index contributed by atoms with van der Waals surface area (Å²) in [7, 11) is 4.21. The van der Waals surface area contributed by atoms with Gasteiger partial charge in [0.05, 0.1) is 0 Å². The van der Waals surface area contributed by atoms with Crippen LogP contribution in [0.25, 0.3) is 0 Å². The van der Waals surface area contributed by atoms with Crippen LogP contribution in [0.15, 0.2) is 59.1 Å². The van der Waals surface area contributed by atoms with E-state index in [1.807, 2.05) is 7.05 Å². The molecule has 0 radical (unpaired) electrons. The molecule has 2 aromatic rings. The summed E-state index contributed by atoms with van der Waals surface area (Å²) >= 11 is 3.55. The number of halogens is 1. The highest BCUT2D eigenvalue weighted by molar-refractivity contribution is 9.10. The Labute approximate surface area is 136 Å². The predicted octanol–water partition coefficient (Wildman–Crippen LogP) is 4.23. The van der Waals surface area contributed by atoms with E-state index in [0.717, 1.165) is 24.0 Å². The van der Waals surface area contributed by atoms with Crippen molar-refractivity contribution in [3.05, 3.63) is 70.2 Å². The highest BCUT2D eigenvalue weighted by Crippen LogP contribution is 2.21. The van der Waals surface area contributed by atoms with E-state index in [4.69, 9.17) is 0 Å². The summed E-state index contributed by atoms with van der Waals surface area (Å²) in [6.45, 7) is 2.06. The summed E-state index contributed by atoms with van der Waals surface area (Å²) in [5.74, 6) is 0. The molecule has 112 valence electrons. The van der Waals surface area contributed by atoms with Crippen molar-refractivity contribution in [1.29, 1.82) is 0 Å². The van der Waals surface area contributed by atoms with Crippen LogP contribution in [0, 0.1) is 0 Å². The summed E-state index contributed by atoms with van der Waals surface area (Å²) in [6, 6.07) is 19.5. The number of benzene rings is 2. The number of rotatable bonds is 7. The maximum Gasteiger partial charge on any atom is 0.0330 e. The van der Waals surface area contributed by atoms with Crippen molar-refractivity contribution in [2.45, 2.75) is 19.0 Å². The quantitative estimate of drug-likeness (QED) is 0.806.